The lowest BCUT2D eigenvalue weighted by Gasteiger charge is -2.35. The first-order valence-corrected chi connectivity index (χ1v) is 10.4. The molecule has 8 heteroatoms. The smallest absolute Gasteiger partial charge is 0.259 e. The molecule has 4 rings (SSSR count). The summed E-state index contributed by atoms with van der Waals surface area (Å²) >= 11 is 0. The molecular formula is C23H26F2N4O2. The fourth-order valence-corrected chi connectivity index (χ4v) is 4.29. The highest BCUT2D eigenvalue weighted by atomic mass is 19.1. The van der Waals surface area contributed by atoms with Crippen LogP contribution in [0.5, 0.6) is 0 Å². The van der Waals surface area contributed by atoms with Crippen molar-refractivity contribution >= 4 is 17.6 Å². The molecular weight excluding hydrogens is 402 g/mol. The Bertz CT molecular complexity index is 992. The van der Waals surface area contributed by atoms with Gasteiger partial charge in [-0.05, 0) is 56.5 Å². The highest BCUT2D eigenvalue weighted by Crippen LogP contribution is 2.34. The first kappa shape index (κ1) is 21.2. The summed E-state index contributed by atoms with van der Waals surface area (Å²) < 4.78 is 29.7. The Labute approximate surface area is 180 Å². The van der Waals surface area contributed by atoms with Crippen molar-refractivity contribution in [1.29, 1.82) is 0 Å². The van der Waals surface area contributed by atoms with Crippen LogP contribution >= 0.6 is 0 Å². The number of aromatic nitrogens is 1. The molecule has 0 radical (unpaired) electrons. The van der Waals surface area contributed by atoms with E-state index in [0.29, 0.717) is 32.6 Å². The molecule has 3 heterocycles. The van der Waals surface area contributed by atoms with Crippen LogP contribution in [0.2, 0.25) is 0 Å². The highest BCUT2D eigenvalue weighted by molar-refractivity contribution is 5.95. The first-order valence-electron chi connectivity index (χ1n) is 10.4. The normalized spacial score (nSPS) is 20.7. The molecule has 0 aliphatic carbocycles. The maximum atomic E-state index is 14.8. The van der Waals surface area contributed by atoms with Crippen molar-refractivity contribution in [2.24, 2.45) is 0 Å². The predicted octanol–water partition coefficient (Wildman–Crippen LogP) is 3.01. The quantitative estimate of drug-likeness (QED) is 0.816. The van der Waals surface area contributed by atoms with Gasteiger partial charge in [-0.1, -0.05) is 6.07 Å². The monoisotopic (exact) mass is 428 g/mol. The minimum atomic E-state index is -0.930. The molecule has 164 valence electrons. The summed E-state index contributed by atoms with van der Waals surface area (Å²) in [5, 5.41) is 2.82. The first-order chi connectivity index (χ1) is 14.6. The van der Waals surface area contributed by atoms with Crippen LogP contribution in [-0.4, -0.2) is 53.4 Å². The zero-order valence-corrected chi connectivity index (χ0v) is 17.9. The molecule has 2 saturated heterocycles. The minimum absolute atomic E-state index is 0.255. The maximum absolute atomic E-state index is 14.8. The lowest BCUT2D eigenvalue weighted by atomic mass is 9.90. The van der Waals surface area contributed by atoms with E-state index in [4.69, 9.17) is 0 Å². The lowest BCUT2D eigenvalue weighted by Crippen LogP contribution is -2.49. The van der Waals surface area contributed by atoms with Gasteiger partial charge in [0.25, 0.3) is 5.91 Å². The van der Waals surface area contributed by atoms with E-state index < -0.39 is 34.6 Å². The van der Waals surface area contributed by atoms with Crippen molar-refractivity contribution < 1.29 is 18.4 Å². The second-order valence-electron chi connectivity index (χ2n) is 8.96. The van der Waals surface area contributed by atoms with Crippen LogP contribution in [-0.2, 0) is 4.79 Å². The Morgan fingerprint density at radius 2 is 1.77 bits per heavy atom. The number of piperazine rings is 1. The van der Waals surface area contributed by atoms with Gasteiger partial charge in [-0.15, -0.1) is 0 Å². The molecule has 1 N–H and O–H groups in total. The van der Waals surface area contributed by atoms with Gasteiger partial charge in [0.2, 0.25) is 5.91 Å². The zero-order valence-electron chi connectivity index (χ0n) is 17.9. The molecule has 2 aliphatic heterocycles. The lowest BCUT2D eigenvalue weighted by molar-refractivity contribution is -0.120. The summed E-state index contributed by atoms with van der Waals surface area (Å²) in [6, 6.07) is 6.13. The number of halogens is 2. The number of carbonyl (C=O) groups excluding carboxylic acids is 2. The summed E-state index contributed by atoms with van der Waals surface area (Å²) in [4.78, 5) is 33.0. The number of rotatable bonds is 3. The average Bonchev–Trinajstić information content (AvgIpc) is 3.00. The molecule has 0 spiro atoms. The molecule has 2 fully saturated rings. The molecule has 2 amide bonds. The Morgan fingerprint density at radius 3 is 2.29 bits per heavy atom. The fraction of sp³-hybridized carbons (Fsp3) is 0.435. The van der Waals surface area contributed by atoms with Gasteiger partial charge < -0.3 is 15.1 Å². The molecule has 1 unspecified atom stereocenters. The molecule has 31 heavy (non-hydrogen) atoms. The predicted molar refractivity (Wildman–Crippen MR) is 113 cm³/mol. The molecule has 1 aromatic heterocycles. The third kappa shape index (κ3) is 4.24. The minimum Gasteiger partial charge on any atom is -0.353 e. The van der Waals surface area contributed by atoms with Crippen LogP contribution in [0.4, 0.5) is 14.6 Å². The van der Waals surface area contributed by atoms with Crippen LogP contribution in [0, 0.1) is 18.6 Å². The number of amides is 2. The van der Waals surface area contributed by atoms with Crippen LogP contribution in [0.1, 0.15) is 47.7 Å². The van der Waals surface area contributed by atoms with E-state index in [1.54, 1.807) is 6.20 Å². The second-order valence-corrected chi connectivity index (χ2v) is 8.96. The number of nitrogens with zero attached hydrogens (tertiary/aromatic N) is 3. The van der Waals surface area contributed by atoms with Gasteiger partial charge in [0.1, 0.15) is 23.0 Å². The van der Waals surface area contributed by atoms with Crippen molar-refractivity contribution in [1.82, 2.24) is 15.2 Å². The van der Waals surface area contributed by atoms with Gasteiger partial charge in [0.05, 0.1) is 5.92 Å². The summed E-state index contributed by atoms with van der Waals surface area (Å²) in [5.41, 5.74) is 0.314. The third-order valence-corrected chi connectivity index (χ3v) is 5.96. The van der Waals surface area contributed by atoms with Crippen LogP contribution in [0.15, 0.2) is 30.5 Å². The van der Waals surface area contributed by atoms with Gasteiger partial charge in [-0.3, -0.25) is 9.59 Å². The highest BCUT2D eigenvalue weighted by Gasteiger charge is 2.39. The van der Waals surface area contributed by atoms with Gasteiger partial charge >= 0.3 is 0 Å². The summed E-state index contributed by atoms with van der Waals surface area (Å²) in [6.45, 7) is 7.42. The third-order valence-electron chi connectivity index (χ3n) is 5.96. The topological polar surface area (TPSA) is 65.5 Å². The molecule has 1 atom stereocenters. The Hall–Kier alpha value is -3.03. The van der Waals surface area contributed by atoms with Crippen molar-refractivity contribution in [2.75, 3.05) is 31.1 Å². The molecule has 0 saturated carbocycles. The van der Waals surface area contributed by atoms with E-state index in [-0.39, 0.29) is 11.5 Å². The van der Waals surface area contributed by atoms with Crippen LogP contribution in [0.3, 0.4) is 0 Å². The molecule has 6 nitrogen and oxygen atoms in total. The molecule has 0 bridgehead atoms. The molecule has 2 aliphatic rings. The van der Waals surface area contributed by atoms with E-state index in [1.807, 2.05) is 37.8 Å². The number of hydrogen-bond donors (Lipinski definition) is 1. The van der Waals surface area contributed by atoms with Gasteiger partial charge in [0.15, 0.2) is 0 Å². The standard InChI is InChI=1S/C23H26F2N4O2/c1-14-4-5-19(26-13-14)28-6-8-29(9-7-28)22(31)20-17(24)10-15(11-18(20)25)16-12-23(2,3)27-21(16)30/h4-5,10-11,13,16H,6-9,12H2,1-3H3,(H,27,30). The van der Waals surface area contributed by atoms with Crippen molar-refractivity contribution in [3.63, 3.8) is 0 Å². The number of carbonyl (C=O) groups is 2. The number of pyridine rings is 1. The van der Waals surface area contributed by atoms with E-state index in [0.717, 1.165) is 23.5 Å². The number of hydrogen-bond acceptors (Lipinski definition) is 4. The second kappa shape index (κ2) is 7.90. The van der Waals surface area contributed by atoms with Gasteiger partial charge in [0, 0.05) is 37.9 Å². The zero-order chi connectivity index (χ0) is 22.3. The summed E-state index contributed by atoms with van der Waals surface area (Å²) in [6.07, 6.45) is 2.22. The Morgan fingerprint density at radius 1 is 1.13 bits per heavy atom. The number of anilines is 1. The number of aryl methyl sites for hydroxylation is 1. The average molecular weight is 428 g/mol. The van der Waals surface area contributed by atoms with E-state index in [1.165, 1.54) is 4.90 Å². The van der Waals surface area contributed by atoms with Gasteiger partial charge in [-0.2, -0.15) is 0 Å². The summed E-state index contributed by atoms with van der Waals surface area (Å²) in [7, 11) is 0. The SMILES string of the molecule is Cc1ccc(N2CCN(C(=O)c3c(F)cc(C4CC(C)(C)NC4=O)cc3F)CC2)nc1. The van der Waals surface area contributed by atoms with Crippen molar-refractivity contribution in [3.8, 4) is 0 Å². The van der Waals surface area contributed by atoms with E-state index in [2.05, 4.69) is 10.3 Å². The molecule has 2 aromatic rings. The fourth-order valence-electron chi connectivity index (χ4n) is 4.29. The largest absolute Gasteiger partial charge is 0.353 e. The van der Waals surface area contributed by atoms with E-state index >= 15 is 0 Å². The van der Waals surface area contributed by atoms with Gasteiger partial charge in [-0.25, -0.2) is 13.8 Å². The van der Waals surface area contributed by atoms with Crippen LogP contribution in [0.25, 0.3) is 0 Å². The number of benzene rings is 1. The molecule has 1 aromatic carbocycles. The maximum Gasteiger partial charge on any atom is 0.259 e. The van der Waals surface area contributed by atoms with Crippen molar-refractivity contribution in [3.05, 3.63) is 58.8 Å². The number of nitrogens with one attached hydrogen (secondary N) is 1. The Kier molecular flexibility index (Phi) is 5.41. The van der Waals surface area contributed by atoms with E-state index in [9.17, 15) is 18.4 Å². The summed E-state index contributed by atoms with van der Waals surface area (Å²) in [5.74, 6) is -2.61. The van der Waals surface area contributed by atoms with Crippen molar-refractivity contribution in [2.45, 2.75) is 38.6 Å². The Balaban J connectivity index is 1.48. The van der Waals surface area contributed by atoms with Crippen LogP contribution < -0.4 is 10.2 Å².